The van der Waals surface area contributed by atoms with Gasteiger partial charge < -0.3 is 10.1 Å². The molecule has 1 aromatic carbocycles. The maximum Gasteiger partial charge on any atom is 0.343 e. The Morgan fingerprint density at radius 1 is 1.31 bits per heavy atom. The largest absolute Gasteiger partial charge is 0.385 e. The topological polar surface area (TPSA) is 89.0 Å². The first kappa shape index (κ1) is 21.6. The van der Waals surface area contributed by atoms with E-state index in [-0.39, 0.29) is 22.9 Å². The van der Waals surface area contributed by atoms with E-state index in [0.29, 0.717) is 24.7 Å². The van der Waals surface area contributed by atoms with Gasteiger partial charge in [0.15, 0.2) is 5.16 Å². The number of methoxy groups -OCH3 is 1. The number of benzene rings is 1. The summed E-state index contributed by atoms with van der Waals surface area (Å²) in [7, 11) is 1.63. The number of hydrogen-bond acceptors (Lipinski definition) is 5. The Labute approximate surface area is 175 Å². The second kappa shape index (κ2) is 10.1. The molecule has 1 aromatic heterocycles. The number of thioether (sulfide) groups is 1. The Bertz CT molecular complexity index is 892. The van der Waals surface area contributed by atoms with Crippen molar-refractivity contribution < 1.29 is 9.53 Å². The van der Waals surface area contributed by atoms with Crippen LogP contribution in [0.5, 0.6) is 0 Å². The minimum absolute atomic E-state index is 0.0687. The molecule has 2 N–H and O–H groups in total. The lowest BCUT2D eigenvalue weighted by molar-refractivity contribution is -0.120. The highest BCUT2D eigenvalue weighted by Crippen LogP contribution is 2.26. The van der Waals surface area contributed by atoms with Gasteiger partial charge in [0.2, 0.25) is 5.91 Å². The Kier molecular flexibility index (Phi) is 7.55. The Balaban J connectivity index is 1.60. The lowest BCUT2D eigenvalue weighted by Gasteiger charge is -2.21. The third-order valence-electron chi connectivity index (χ3n) is 5.34. The summed E-state index contributed by atoms with van der Waals surface area (Å²) in [5.74, 6) is -0.0703. The number of carbonyl (C=O) groups is 1. The van der Waals surface area contributed by atoms with Gasteiger partial charge in [-0.2, -0.15) is 0 Å². The summed E-state index contributed by atoms with van der Waals surface area (Å²) < 4.78 is 6.60. The molecule has 0 aliphatic heterocycles. The molecule has 1 aliphatic carbocycles. The normalized spacial score (nSPS) is 15.6. The molecule has 0 spiro atoms. The van der Waals surface area contributed by atoms with Gasteiger partial charge in [0.25, 0.3) is 0 Å². The Morgan fingerprint density at radius 3 is 2.83 bits per heavy atom. The number of aryl methyl sites for hydroxylation is 2. The number of aromatic nitrogens is 3. The van der Waals surface area contributed by atoms with Crippen molar-refractivity contribution in [2.45, 2.75) is 68.9 Å². The first-order valence-corrected chi connectivity index (χ1v) is 11.1. The van der Waals surface area contributed by atoms with Crippen LogP contribution in [-0.4, -0.2) is 39.6 Å². The van der Waals surface area contributed by atoms with Gasteiger partial charge in [-0.3, -0.25) is 9.36 Å². The molecule has 8 heteroatoms. The number of ether oxygens (including phenoxy) is 1. The summed E-state index contributed by atoms with van der Waals surface area (Å²) in [5, 5.41) is 9.79. The molecule has 0 fully saturated rings. The van der Waals surface area contributed by atoms with Crippen molar-refractivity contribution in [2.24, 2.45) is 0 Å². The third-order valence-corrected chi connectivity index (χ3v) is 6.43. The molecule has 0 radical (unpaired) electrons. The van der Waals surface area contributed by atoms with Gasteiger partial charge in [0.05, 0.1) is 11.3 Å². The average Bonchev–Trinajstić information content (AvgIpc) is 3.07. The summed E-state index contributed by atoms with van der Waals surface area (Å²) in [5.41, 5.74) is 3.72. The van der Waals surface area contributed by atoms with Crippen LogP contribution >= 0.6 is 11.8 Å². The van der Waals surface area contributed by atoms with E-state index >= 15 is 0 Å². The summed E-state index contributed by atoms with van der Waals surface area (Å²) in [6.45, 7) is 4.91. The van der Waals surface area contributed by atoms with E-state index in [0.717, 1.165) is 18.4 Å². The second-order valence-electron chi connectivity index (χ2n) is 7.53. The van der Waals surface area contributed by atoms with E-state index in [4.69, 9.17) is 4.74 Å². The number of hydrogen-bond donors (Lipinski definition) is 2. The molecule has 158 valence electrons. The molecular formula is C21H30N4O3S. The molecule has 1 heterocycles. The molecule has 1 amide bonds. The lowest BCUT2D eigenvalue weighted by Crippen LogP contribution is -2.33. The number of amides is 1. The van der Waals surface area contributed by atoms with Gasteiger partial charge in [-0.1, -0.05) is 30.0 Å². The fourth-order valence-electron chi connectivity index (χ4n) is 3.61. The molecular weight excluding hydrogens is 388 g/mol. The summed E-state index contributed by atoms with van der Waals surface area (Å²) in [6.07, 6.45) is 5.48. The van der Waals surface area contributed by atoms with Gasteiger partial charge in [-0.05, 0) is 62.6 Å². The average molecular weight is 419 g/mol. The zero-order valence-electron chi connectivity index (χ0n) is 17.4. The molecule has 2 aromatic rings. The van der Waals surface area contributed by atoms with Crippen molar-refractivity contribution >= 4 is 17.7 Å². The minimum atomic E-state index is -0.369. The van der Waals surface area contributed by atoms with E-state index in [1.165, 1.54) is 35.7 Å². The second-order valence-corrected chi connectivity index (χ2v) is 8.84. The first-order chi connectivity index (χ1) is 14.0. The van der Waals surface area contributed by atoms with E-state index in [1.807, 2.05) is 13.8 Å². The number of rotatable bonds is 9. The Hall–Kier alpha value is -2.06. The van der Waals surface area contributed by atoms with Crippen LogP contribution < -0.4 is 11.0 Å². The predicted octanol–water partition coefficient (Wildman–Crippen LogP) is 2.84. The molecule has 1 aliphatic rings. The summed E-state index contributed by atoms with van der Waals surface area (Å²) >= 11 is 1.28. The van der Waals surface area contributed by atoms with E-state index in [9.17, 15) is 9.59 Å². The van der Waals surface area contributed by atoms with Crippen LogP contribution in [0, 0.1) is 0 Å². The molecule has 2 atom stereocenters. The zero-order chi connectivity index (χ0) is 20.8. The van der Waals surface area contributed by atoms with Crippen molar-refractivity contribution in [3.63, 3.8) is 0 Å². The zero-order valence-corrected chi connectivity index (χ0v) is 18.2. The van der Waals surface area contributed by atoms with Crippen LogP contribution in [0.15, 0.2) is 28.2 Å². The fraction of sp³-hybridized carbons (Fsp3) is 0.571. The predicted molar refractivity (Wildman–Crippen MR) is 114 cm³/mol. The highest BCUT2D eigenvalue weighted by atomic mass is 32.2. The quantitative estimate of drug-likeness (QED) is 0.483. The lowest BCUT2D eigenvalue weighted by atomic mass is 9.89. The van der Waals surface area contributed by atoms with Crippen molar-refractivity contribution in [3.05, 3.63) is 45.4 Å². The molecule has 0 bridgehead atoms. The highest BCUT2D eigenvalue weighted by Gasteiger charge is 2.21. The van der Waals surface area contributed by atoms with Crippen molar-refractivity contribution in [2.75, 3.05) is 13.7 Å². The van der Waals surface area contributed by atoms with E-state index in [2.05, 4.69) is 33.7 Å². The molecule has 2 unspecified atom stereocenters. The molecule has 0 saturated carbocycles. The van der Waals surface area contributed by atoms with Gasteiger partial charge >= 0.3 is 5.69 Å². The van der Waals surface area contributed by atoms with Gasteiger partial charge in [-0.25, -0.2) is 9.89 Å². The van der Waals surface area contributed by atoms with Crippen LogP contribution in [0.25, 0.3) is 0 Å². The molecule has 7 nitrogen and oxygen atoms in total. The van der Waals surface area contributed by atoms with Gasteiger partial charge in [0.1, 0.15) is 0 Å². The maximum atomic E-state index is 12.7. The number of aromatic amines is 1. The van der Waals surface area contributed by atoms with Crippen LogP contribution in [0.2, 0.25) is 0 Å². The van der Waals surface area contributed by atoms with Crippen LogP contribution in [0.1, 0.15) is 55.8 Å². The SMILES string of the molecule is COCCCn1c(SC(C)C(=O)NC(C)c2ccc3c(c2)CCCC3)n[nH]c1=O. The van der Waals surface area contributed by atoms with E-state index < -0.39 is 0 Å². The van der Waals surface area contributed by atoms with Crippen molar-refractivity contribution in [1.82, 2.24) is 20.1 Å². The van der Waals surface area contributed by atoms with Crippen molar-refractivity contribution in [3.8, 4) is 0 Å². The van der Waals surface area contributed by atoms with Crippen LogP contribution in [0.3, 0.4) is 0 Å². The molecule has 0 saturated heterocycles. The van der Waals surface area contributed by atoms with Crippen LogP contribution in [0.4, 0.5) is 0 Å². The monoisotopic (exact) mass is 418 g/mol. The molecule has 29 heavy (non-hydrogen) atoms. The highest BCUT2D eigenvalue weighted by molar-refractivity contribution is 8.00. The number of nitrogens with one attached hydrogen (secondary N) is 2. The standard InChI is InChI=1S/C21H30N4O3S/c1-14(17-10-9-16-7-4-5-8-18(16)13-17)22-19(26)15(2)29-21-24-23-20(27)25(21)11-6-12-28-3/h9-10,13-15H,4-8,11-12H2,1-3H3,(H,22,26)(H,23,27). The summed E-state index contributed by atoms with van der Waals surface area (Å²) in [6, 6.07) is 6.49. The number of fused-ring (bicyclic) bond motifs is 1. The van der Waals surface area contributed by atoms with Gasteiger partial charge in [0, 0.05) is 20.3 Å². The number of H-pyrrole nitrogens is 1. The maximum absolute atomic E-state index is 12.7. The van der Waals surface area contributed by atoms with E-state index in [1.54, 1.807) is 11.7 Å². The smallest absolute Gasteiger partial charge is 0.343 e. The van der Waals surface area contributed by atoms with Crippen LogP contribution in [-0.2, 0) is 28.9 Å². The summed E-state index contributed by atoms with van der Waals surface area (Å²) in [4.78, 5) is 24.7. The fourth-order valence-corrected chi connectivity index (χ4v) is 4.50. The van der Waals surface area contributed by atoms with Gasteiger partial charge in [-0.15, -0.1) is 5.10 Å². The van der Waals surface area contributed by atoms with Crippen molar-refractivity contribution in [1.29, 1.82) is 0 Å². The first-order valence-electron chi connectivity index (χ1n) is 10.2. The Morgan fingerprint density at radius 2 is 2.07 bits per heavy atom. The molecule has 3 rings (SSSR count). The third kappa shape index (κ3) is 5.51. The minimum Gasteiger partial charge on any atom is -0.385 e. The number of nitrogens with zero attached hydrogens (tertiary/aromatic N) is 2. The number of carbonyl (C=O) groups excluding carboxylic acids is 1.